The van der Waals surface area contributed by atoms with Gasteiger partial charge in [-0.1, -0.05) is 13.8 Å². The van der Waals surface area contributed by atoms with Gasteiger partial charge in [-0.05, 0) is 55.9 Å². The molecule has 1 amide bonds. The van der Waals surface area contributed by atoms with Gasteiger partial charge in [-0.25, -0.2) is 4.98 Å². The molecule has 0 spiro atoms. The van der Waals surface area contributed by atoms with Crippen molar-refractivity contribution < 1.29 is 9.53 Å². The van der Waals surface area contributed by atoms with Gasteiger partial charge in [-0.15, -0.1) is 0 Å². The summed E-state index contributed by atoms with van der Waals surface area (Å²) in [5, 5.41) is 18.7. The minimum absolute atomic E-state index is 0.0876. The molecule has 3 unspecified atom stereocenters. The Morgan fingerprint density at radius 1 is 1.20 bits per heavy atom. The van der Waals surface area contributed by atoms with Crippen molar-refractivity contribution in [3.63, 3.8) is 0 Å². The van der Waals surface area contributed by atoms with Crippen LogP contribution in [0.15, 0.2) is 18.3 Å². The van der Waals surface area contributed by atoms with Gasteiger partial charge >= 0.3 is 0 Å². The van der Waals surface area contributed by atoms with Crippen molar-refractivity contribution in [2.24, 2.45) is 34.5 Å². The lowest BCUT2D eigenvalue weighted by molar-refractivity contribution is -0.147. The van der Waals surface area contributed by atoms with Gasteiger partial charge in [0.2, 0.25) is 11.8 Å². The number of nitrogens with zero attached hydrogens (tertiary/aromatic N) is 4. The highest BCUT2D eigenvalue weighted by atomic mass is 16.5. The zero-order valence-electron chi connectivity index (χ0n) is 17.7. The lowest BCUT2D eigenvalue weighted by Crippen LogP contribution is -2.59. The highest BCUT2D eigenvalue weighted by molar-refractivity contribution is 5.85. The molecule has 0 aromatic carbocycles. The monoisotopic (exact) mass is 404 g/mol. The van der Waals surface area contributed by atoms with E-state index in [0.29, 0.717) is 42.3 Å². The molecule has 1 aromatic rings. The van der Waals surface area contributed by atoms with E-state index in [2.05, 4.69) is 22.0 Å². The maximum atomic E-state index is 13.5. The molecular formula is C24H28N4O2. The highest BCUT2D eigenvalue weighted by Crippen LogP contribution is 2.61. The third kappa shape index (κ3) is 2.88. The first-order valence-electron chi connectivity index (χ1n) is 11.1. The van der Waals surface area contributed by atoms with Crippen molar-refractivity contribution in [3.05, 3.63) is 23.9 Å². The van der Waals surface area contributed by atoms with Gasteiger partial charge in [-0.2, -0.15) is 10.5 Å². The molecule has 1 saturated heterocycles. The number of pyridine rings is 1. The predicted octanol–water partition coefficient (Wildman–Crippen LogP) is 3.54. The van der Waals surface area contributed by atoms with Crippen molar-refractivity contribution in [1.29, 1.82) is 10.5 Å². The van der Waals surface area contributed by atoms with Crippen molar-refractivity contribution in [2.75, 3.05) is 13.2 Å². The largest absolute Gasteiger partial charge is 0.477 e. The summed E-state index contributed by atoms with van der Waals surface area (Å²) < 4.78 is 5.92. The van der Waals surface area contributed by atoms with E-state index in [1.165, 1.54) is 19.0 Å². The molecule has 0 N–H and O–H groups in total. The van der Waals surface area contributed by atoms with E-state index in [4.69, 9.17) is 10.00 Å². The summed E-state index contributed by atoms with van der Waals surface area (Å²) in [5.74, 6) is 2.41. The first-order valence-corrected chi connectivity index (χ1v) is 11.1. The van der Waals surface area contributed by atoms with Crippen molar-refractivity contribution >= 4 is 5.91 Å². The number of aromatic nitrogens is 1. The number of hydrogen-bond donors (Lipinski definition) is 0. The molecule has 6 nitrogen and oxygen atoms in total. The maximum Gasteiger partial charge on any atom is 0.228 e. The average Bonchev–Trinajstić information content (AvgIpc) is 2.95. The number of hydrogen-bond acceptors (Lipinski definition) is 5. The molecule has 1 aromatic heterocycles. The molecule has 4 saturated carbocycles. The van der Waals surface area contributed by atoms with Crippen molar-refractivity contribution in [3.8, 4) is 18.0 Å². The highest BCUT2D eigenvalue weighted by Gasteiger charge is 2.60. The lowest BCUT2D eigenvalue weighted by Gasteiger charge is -2.59. The maximum absolute atomic E-state index is 13.5. The first kappa shape index (κ1) is 19.4. The molecule has 156 valence electrons. The summed E-state index contributed by atoms with van der Waals surface area (Å²) in [4.78, 5) is 19.8. The fraction of sp³-hybridized carbons (Fsp3) is 0.667. The molecule has 6 heteroatoms. The number of carbonyl (C=O) groups excluding carboxylic acids is 1. The fourth-order valence-electron chi connectivity index (χ4n) is 6.97. The van der Waals surface area contributed by atoms with Crippen LogP contribution in [0, 0.1) is 57.2 Å². The molecule has 4 aliphatic carbocycles. The lowest BCUT2D eigenvalue weighted by atomic mass is 9.48. The van der Waals surface area contributed by atoms with Gasteiger partial charge in [-0.3, -0.25) is 4.79 Å². The Kier molecular flexibility index (Phi) is 4.33. The van der Waals surface area contributed by atoms with Crippen molar-refractivity contribution in [2.45, 2.75) is 52.0 Å². The van der Waals surface area contributed by atoms with Gasteiger partial charge in [0.1, 0.15) is 6.07 Å². The molecule has 2 heterocycles. The Morgan fingerprint density at radius 3 is 2.53 bits per heavy atom. The van der Waals surface area contributed by atoms with Gasteiger partial charge in [0.05, 0.1) is 29.1 Å². The average molecular weight is 405 g/mol. The predicted molar refractivity (Wildman–Crippen MR) is 109 cm³/mol. The van der Waals surface area contributed by atoms with E-state index < -0.39 is 5.41 Å². The van der Waals surface area contributed by atoms with Crippen LogP contribution in [0.4, 0.5) is 0 Å². The Labute approximate surface area is 177 Å². The number of ether oxygens (including phenoxy) is 1. The third-order valence-corrected chi connectivity index (χ3v) is 8.37. The molecule has 5 aliphatic rings. The minimum Gasteiger partial charge on any atom is -0.477 e. The normalized spacial score (nSPS) is 38.3. The van der Waals surface area contributed by atoms with Crippen molar-refractivity contribution in [1.82, 2.24) is 9.88 Å². The van der Waals surface area contributed by atoms with Crippen LogP contribution in [0.2, 0.25) is 0 Å². The Bertz CT molecular complexity index is 925. The number of likely N-dealkylation sites (tertiary alicyclic amines) is 1. The van der Waals surface area contributed by atoms with Crippen LogP contribution in [0.5, 0.6) is 5.88 Å². The Hall–Kier alpha value is -2.60. The number of nitriles is 2. The quantitative estimate of drug-likeness (QED) is 0.766. The standard InChI is InChI=1S/C24H28N4O2/c1-23(2)19(13-30-20-4-3-15(10-25)11-27-20)12-28(22(23)29)21-17-5-16-6-18(21)9-24(7-16,8-17)14-26/h3-4,11,16-19,21H,5-9,12-13H2,1-2H3. The Balaban J connectivity index is 1.31. The van der Waals surface area contributed by atoms with E-state index >= 15 is 0 Å². The van der Waals surface area contributed by atoms with Crippen LogP contribution < -0.4 is 4.74 Å². The second kappa shape index (κ2) is 6.71. The zero-order valence-corrected chi connectivity index (χ0v) is 17.7. The van der Waals surface area contributed by atoms with Gasteiger partial charge < -0.3 is 9.64 Å². The number of carbonyl (C=O) groups is 1. The second-order valence-corrected chi connectivity index (χ2v) is 10.5. The molecule has 4 bridgehead atoms. The first-order chi connectivity index (χ1) is 14.3. The van der Waals surface area contributed by atoms with Crippen LogP contribution in [0.3, 0.4) is 0 Å². The van der Waals surface area contributed by atoms with E-state index in [-0.39, 0.29) is 23.3 Å². The van der Waals surface area contributed by atoms with Crippen LogP contribution in [0.1, 0.15) is 51.5 Å². The molecule has 6 rings (SSSR count). The molecular weight excluding hydrogens is 376 g/mol. The summed E-state index contributed by atoms with van der Waals surface area (Å²) in [7, 11) is 0. The van der Waals surface area contributed by atoms with E-state index in [9.17, 15) is 10.1 Å². The van der Waals surface area contributed by atoms with Crippen LogP contribution in [0.25, 0.3) is 0 Å². The molecule has 0 radical (unpaired) electrons. The summed E-state index contributed by atoms with van der Waals surface area (Å²) in [5.41, 5.74) is -0.106. The number of amides is 1. The summed E-state index contributed by atoms with van der Waals surface area (Å²) >= 11 is 0. The Morgan fingerprint density at radius 2 is 1.93 bits per heavy atom. The van der Waals surface area contributed by atoms with Gasteiger partial charge in [0, 0.05) is 30.8 Å². The van der Waals surface area contributed by atoms with E-state index in [1.807, 2.05) is 13.8 Å². The van der Waals surface area contributed by atoms with Crippen LogP contribution >= 0.6 is 0 Å². The van der Waals surface area contributed by atoms with E-state index in [0.717, 1.165) is 19.3 Å². The smallest absolute Gasteiger partial charge is 0.228 e. The molecule has 30 heavy (non-hydrogen) atoms. The second-order valence-electron chi connectivity index (χ2n) is 10.5. The fourth-order valence-corrected chi connectivity index (χ4v) is 6.97. The number of rotatable bonds is 4. The molecule has 5 fully saturated rings. The summed E-state index contributed by atoms with van der Waals surface area (Å²) in [6.07, 6.45) is 6.84. The third-order valence-electron chi connectivity index (χ3n) is 8.37. The molecule has 1 aliphatic heterocycles. The van der Waals surface area contributed by atoms with E-state index in [1.54, 1.807) is 12.1 Å². The summed E-state index contributed by atoms with van der Waals surface area (Å²) in [6.45, 7) is 5.20. The molecule has 3 atom stereocenters. The zero-order chi connectivity index (χ0) is 21.1. The van der Waals surface area contributed by atoms with Gasteiger partial charge in [0.25, 0.3) is 0 Å². The van der Waals surface area contributed by atoms with Crippen LogP contribution in [-0.4, -0.2) is 35.0 Å². The minimum atomic E-state index is -0.478. The summed E-state index contributed by atoms with van der Waals surface area (Å²) in [6, 6.07) is 8.39. The van der Waals surface area contributed by atoms with Gasteiger partial charge in [0.15, 0.2) is 0 Å². The topological polar surface area (TPSA) is 90.0 Å². The van der Waals surface area contributed by atoms with Crippen LogP contribution in [-0.2, 0) is 4.79 Å². The SMILES string of the molecule is CC1(C)C(=O)N(C2C3CC4CC2CC(C#N)(C4)C3)CC1COc1ccc(C#N)cn1.